The number of anilines is 1. The fourth-order valence-electron chi connectivity index (χ4n) is 5.28. The summed E-state index contributed by atoms with van der Waals surface area (Å²) in [5.74, 6) is -0.108. The average molecular weight is 599 g/mol. The highest BCUT2D eigenvalue weighted by molar-refractivity contribution is 6.03. The summed E-state index contributed by atoms with van der Waals surface area (Å²) in [6.07, 6.45) is 4.15. The standard InChI is InChI=1S/C31H42N4O8/c1-5-9-35-21(6-2)15-32-24-13-26(41-10-7-8-29(39)33-20-11-22(17-36)34(4)16-20)27(12-23(24)31(35)40)42-30-14-25(38)19(3)28(18-37)43-30/h11-13,15-17,19,21,25,28,30,37-38H,5-10,14,18H2,1-4H3,(H,33,39). The van der Waals surface area contributed by atoms with Gasteiger partial charge in [-0.15, -0.1) is 0 Å². The van der Waals surface area contributed by atoms with E-state index in [2.05, 4.69) is 10.3 Å². The highest BCUT2D eigenvalue weighted by atomic mass is 16.7. The van der Waals surface area contributed by atoms with E-state index in [1.54, 1.807) is 54.0 Å². The lowest BCUT2D eigenvalue weighted by atomic mass is 9.93. The summed E-state index contributed by atoms with van der Waals surface area (Å²) < 4.78 is 19.8. The summed E-state index contributed by atoms with van der Waals surface area (Å²) >= 11 is 0. The number of aldehydes is 1. The van der Waals surface area contributed by atoms with E-state index >= 15 is 0 Å². The number of hydrogen-bond acceptors (Lipinski definition) is 9. The molecule has 12 nitrogen and oxygen atoms in total. The summed E-state index contributed by atoms with van der Waals surface area (Å²) in [4.78, 5) is 43.6. The van der Waals surface area contributed by atoms with Gasteiger partial charge in [0.15, 0.2) is 17.8 Å². The van der Waals surface area contributed by atoms with Crippen LogP contribution in [0.1, 0.15) is 73.7 Å². The number of hydrogen-bond donors (Lipinski definition) is 3. The Morgan fingerprint density at radius 1 is 1.26 bits per heavy atom. The minimum absolute atomic E-state index is 0.150. The van der Waals surface area contributed by atoms with E-state index in [0.717, 1.165) is 6.42 Å². The van der Waals surface area contributed by atoms with Crippen LogP contribution in [0.2, 0.25) is 0 Å². The van der Waals surface area contributed by atoms with E-state index in [-0.39, 0.29) is 55.6 Å². The van der Waals surface area contributed by atoms with Crippen molar-refractivity contribution in [3.05, 3.63) is 35.7 Å². The number of nitrogens with zero attached hydrogens (tertiary/aromatic N) is 3. The van der Waals surface area contributed by atoms with Crippen LogP contribution in [-0.2, 0) is 16.6 Å². The van der Waals surface area contributed by atoms with Crippen LogP contribution in [0.15, 0.2) is 29.4 Å². The summed E-state index contributed by atoms with van der Waals surface area (Å²) in [5, 5.41) is 23.1. The molecule has 1 aromatic carbocycles. The lowest BCUT2D eigenvalue weighted by Gasteiger charge is -2.37. The quantitative estimate of drug-likeness (QED) is 0.234. The Kier molecular flexibility index (Phi) is 10.9. The fraction of sp³-hybridized carbons (Fsp3) is 0.548. The summed E-state index contributed by atoms with van der Waals surface area (Å²) in [6, 6.07) is 4.69. The first-order valence-electron chi connectivity index (χ1n) is 14.9. The number of aliphatic hydroxyl groups excluding tert-OH is 2. The van der Waals surface area contributed by atoms with Gasteiger partial charge in [0.2, 0.25) is 12.2 Å². The van der Waals surface area contributed by atoms with Gasteiger partial charge in [-0.25, -0.2) is 0 Å². The van der Waals surface area contributed by atoms with Crippen molar-refractivity contribution in [3.8, 4) is 11.5 Å². The second kappa shape index (κ2) is 14.6. The second-order valence-corrected chi connectivity index (χ2v) is 11.0. The zero-order valence-electron chi connectivity index (χ0n) is 25.2. The van der Waals surface area contributed by atoms with Gasteiger partial charge in [-0.2, -0.15) is 0 Å². The third-order valence-electron chi connectivity index (χ3n) is 7.87. The molecule has 0 radical (unpaired) electrons. The van der Waals surface area contributed by atoms with E-state index in [1.807, 2.05) is 13.8 Å². The molecule has 5 unspecified atom stereocenters. The maximum Gasteiger partial charge on any atom is 0.256 e. The van der Waals surface area contributed by atoms with Crippen molar-refractivity contribution in [1.29, 1.82) is 0 Å². The van der Waals surface area contributed by atoms with Gasteiger partial charge in [0, 0.05) is 50.8 Å². The number of carbonyl (C=O) groups is 3. The molecule has 4 rings (SSSR count). The Labute approximate surface area is 251 Å². The lowest BCUT2D eigenvalue weighted by Crippen LogP contribution is -2.46. The molecule has 2 aliphatic rings. The fourth-order valence-corrected chi connectivity index (χ4v) is 5.28. The molecule has 234 valence electrons. The van der Waals surface area contributed by atoms with Crippen molar-refractivity contribution in [2.24, 2.45) is 18.0 Å². The van der Waals surface area contributed by atoms with Crippen molar-refractivity contribution < 1.29 is 38.8 Å². The van der Waals surface area contributed by atoms with Gasteiger partial charge in [0.05, 0.1) is 54.1 Å². The lowest BCUT2D eigenvalue weighted by molar-refractivity contribution is -0.208. The van der Waals surface area contributed by atoms with Crippen LogP contribution in [0.5, 0.6) is 11.5 Å². The number of rotatable bonds is 13. The summed E-state index contributed by atoms with van der Waals surface area (Å²) in [5.41, 5.74) is 1.80. The van der Waals surface area contributed by atoms with Crippen LogP contribution in [0.25, 0.3) is 0 Å². The molecule has 1 fully saturated rings. The first-order valence-corrected chi connectivity index (χ1v) is 14.9. The van der Waals surface area contributed by atoms with Gasteiger partial charge in [-0.05, 0) is 31.4 Å². The molecule has 0 aliphatic carbocycles. The van der Waals surface area contributed by atoms with Crippen molar-refractivity contribution >= 4 is 35.7 Å². The van der Waals surface area contributed by atoms with E-state index in [0.29, 0.717) is 54.1 Å². The number of carbonyl (C=O) groups excluding carboxylic acids is 3. The normalized spacial score (nSPS) is 23.4. The number of aliphatic imine (C=N–C) groups is 1. The molecule has 43 heavy (non-hydrogen) atoms. The second-order valence-electron chi connectivity index (χ2n) is 11.0. The predicted molar refractivity (Wildman–Crippen MR) is 160 cm³/mol. The van der Waals surface area contributed by atoms with Crippen molar-refractivity contribution in [2.75, 3.05) is 25.1 Å². The van der Waals surface area contributed by atoms with Gasteiger partial charge < -0.3 is 39.2 Å². The average Bonchev–Trinajstić information content (AvgIpc) is 3.29. The summed E-state index contributed by atoms with van der Waals surface area (Å²) in [6.45, 7) is 6.29. The Balaban J connectivity index is 1.52. The minimum atomic E-state index is -0.879. The van der Waals surface area contributed by atoms with Crippen molar-refractivity contribution in [3.63, 3.8) is 0 Å². The molecular weight excluding hydrogens is 556 g/mol. The Bertz CT molecular complexity index is 1330. The van der Waals surface area contributed by atoms with Gasteiger partial charge in [-0.3, -0.25) is 19.4 Å². The highest BCUT2D eigenvalue weighted by Crippen LogP contribution is 2.39. The Hall–Kier alpha value is -3.74. The monoisotopic (exact) mass is 598 g/mol. The van der Waals surface area contributed by atoms with Crippen LogP contribution >= 0.6 is 0 Å². The van der Waals surface area contributed by atoms with Crippen LogP contribution in [0.3, 0.4) is 0 Å². The number of aryl methyl sites for hydroxylation is 1. The number of aliphatic hydroxyl groups is 2. The van der Waals surface area contributed by atoms with Crippen LogP contribution in [0, 0.1) is 5.92 Å². The molecule has 3 heterocycles. The van der Waals surface area contributed by atoms with Crippen LogP contribution in [-0.4, -0.2) is 88.3 Å². The molecule has 2 aromatic rings. The molecule has 5 atom stereocenters. The maximum atomic E-state index is 13.7. The van der Waals surface area contributed by atoms with E-state index in [4.69, 9.17) is 14.2 Å². The molecule has 0 saturated carbocycles. The van der Waals surface area contributed by atoms with E-state index < -0.39 is 18.5 Å². The predicted octanol–water partition coefficient (Wildman–Crippen LogP) is 3.47. The largest absolute Gasteiger partial charge is 0.490 e. The number of ether oxygens (including phenoxy) is 3. The van der Waals surface area contributed by atoms with E-state index in [9.17, 15) is 24.6 Å². The van der Waals surface area contributed by atoms with Crippen LogP contribution in [0.4, 0.5) is 11.4 Å². The molecule has 0 spiro atoms. The molecular formula is C31H42N4O8. The molecule has 1 saturated heterocycles. The van der Waals surface area contributed by atoms with Gasteiger partial charge in [-0.1, -0.05) is 20.8 Å². The molecule has 2 amide bonds. The van der Waals surface area contributed by atoms with Gasteiger partial charge in [0.25, 0.3) is 5.91 Å². The molecule has 2 aliphatic heterocycles. The third-order valence-corrected chi connectivity index (χ3v) is 7.87. The number of nitrogens with one attached hydrogen (secondary N) is 1. The van der Waals surface area contributed by atoms with Gasteiger partial charge in [0.1, 0.15) is 0 Å². The molecule has 0 bridgehead atoms. The SMILES string of the molecule is CCCN1C(=O)c2cc(OC3CC(O)C(C)C(CO)O3)c(OCCCC(=O)Nc3cc(C=O)n(C)c3)cc2N=CC1CC. The van der Waals surface area contributed by atoms with Gasteiger partial charge >= 0.3 is 0 Å². The molecule has 3 N–H and O–H groups in total. The van der Waals surface area contributed by atoms with Crippen molar-refractivity contribution in [2.45, 2.75) is 77.4 Å². The van der Waals surface area contributed by atoms with Crippen molar-refractivity contribution in [1.82, 2.24) is 9.47 Å². The highest BCUT2D eigenvalue weighted by Gasteiger charge is 2.37. The minimum Gasteiger partial charge on any atom is -0.490 e. The first kappa shape index (κ1) is 32.2. The molecule has 1 aromatic heterocycles. The maximum absolute atomic E-state index is 13.7. The van der Waals surface area contributed by atoms with Crippen LogP contribution < -0.4 is 14.8 Å². The smallest absolute Gasteiger partial charge is 0.256 e. The zero-order valence-corrected chi connectivity index (χ0v) is 25.2. The Morgan fingerprint density at radius 2 is 2.05 bits per heavy atom. The number of aromatic nitrogens is 1. The Morgan fingerprint density at radius 3 is 2.72 bits per heavy atom. The number of fused-ring (bicyclic) bond motifs is 1. The summed E-state index contributed by atoms with van der Waals surface area (Å²) in [7, 11) is 1.72. The zero-order chi connectivity index (χ0) is 31.1. The number of benzene rings is 1. The third kappa shape index (κ3) is 7.62. The van der Waals surface area contributed by atoms with E-state index in [1.165, 1.54) is 0 Å². The molecule has 12 heteroatoms. The topological polar surface area (TPSA) is 152 Å². The first-order chi connectivity index (χ1) is 20.7. The number of amides is 2.